The highest BCUT2D eigenvalue weighted by Crippen LogP contribution is 2.40. The molecule has 0 bridgehead atoms. The van der Waals surface area contributed by atoms with Gasteiger partial charge in [-0.25, -0.2) is 19.9 Å². The Morgan fingerprint density at radius 3 is 2.42 bits per heavy atom. The quantitative estimate of drug-likeness (QED) is 0.793. The summed E-state index contributed by atoms with van der Waals surface area (Å²) in [6.07, 6.45) is -1.79. The van der Waals surface area contributed by atoms with Crippen LogP contribution in [0.2, 0.25) is 0 Å². The minimum absolute atomic E-state index is 0.0924. The van der Waals surface area contributed by atoms with E-state index in [0.717, 1.165) is 30.3 Å². The minimum Gasteiger partial charge on any atom is -0.353 e. The summed E-state index contributed by atoms with van der Waals surface area (Å²) < 4.78 is 39.4. The van der Waals surface area contributed by atoms with E-state index in [9.17, 15) is 18.0 Å². The second-order valence-corrected chi connectivity index (χ2v) is 8.18. The molecule has 3 aliphatic rings. The normalized spacial score (nSPS) is 19.3. The Bertz CT molecular complexity index is 1030. The van der Waals surface area contributed by atoms with Crippen molar-refractivity contribution in [1.82, 2.24) is 25.3 Å². The lowest BCUT2D eigenvalue weighted by atomic mass is 10.0. The number of nitrogens with zero attached hydrogens (tertiary/aromatic N) is 6. The lowest BCUT2D eigenvalue weighted by molar-refractivity contribution is -0.141. The Hall–Kier alpha value is -2.98. The van der Waals surface area contributed by atoms with Crippen molar-refractivity contribution in [3.63, 3.8) is 0 Å². The molecule has 1 saturated carbocycles. The Labute approximate surface area is 176 Å². The molecular formula is C20H22F3N7O. The Balaban J connectivity index is 1.39. The van der Waals surface area contributed by atoms with Gasteiger partial charge in [0.25, 0.3) is 5.91 Å². The molecule has 0 unspecified atom stereocenters. The number of fused-ring (bicyclic) bond motifs is 1. The average molecular weight is 433 g/mol. The Kier molecular flexibility index (Phi) is 4.71. The summed E-state index contributed by atoms with van der Waals surface area (Å²) in [5.74, 6) is 1.72. The predicted octanol–water partition coefficient (Wildman–Crippen LogP) is 2.08. The van der Waals surface area contributed by atoms with Crippen molar-refractivity contribution in [3.05, 3.63) is 34.5 Å². The van der Waals surface area contributed by atoms with Gasteiger partial charge < -0.3 is 15.1 Å². The first-order valence-corrected chi connectivity index (χ1v) is 10.4. The van der Waals surface area contributed by atoms with E-state index in [4.69, 9.17) is 4.98 Å². The van der Waals surface area contributed by atoms with E-state index in [1.54, 1.807) is 4.90 Å². The molecular weight excluding hydrogens is 411 g/mol. The van der Waals surface area contributed by atoms with Gasteiger partial charge in [-0.1, -0.05) is 0 Å². The molecule has 1 amide bonds. The molecule has 2 aliphatic heterocycles. The van der Waals surface area contributed by atoms with E-state index in [1.165, 1.54) is 6.92 Å². The maximum absolute atomic E-state index is 13.1. The molecule has 8 nitrogen and oxygen atoms in total. The second-order valence-electron chi connectivity index (χ2n) is 8.18. The van der Waals surface area contributed by atoms with Crippen LogP contribution in [-0.2, 0) is 12.6 Å². The predicted molar refractivity (Wildman–Crippen MR) is 106 cm³/mol. The smallest absolute Gasteiger partial charge is 0.353 e. The highest BCUT2D eigenvalue weighted by Gasteiger charge is 2.35. The number of carbonyl (C=O) groups is 1. The van der Waals surface area contributed by atoms with Crippen LogP contribution < -0.4 is 15.1 Å². The van der Waals surface area contributed by atoms with Crippen LogP contribution in [0, 0.1) is 6.92 Å². The fraction of sp³-hybridized carbons (Fsp3) is 0.550. The van der Waals surface area contributed by atoms with Gasteiger partial charge in [0.15, 0.2) is 0 Å². The number of nitrogens with one attached hydrogen (secondary N) is 1. The first-order chi connectivity index (χ1) is 14.8. The maximum atomic E-state index is 13.1. The molecule has 2 fully saturated rings. The zero-order valence-electron chi connectivity index (χ0n) is 17.0. The van der Waals surface area contributed by atoms with Gasteiger partial charge in [-0.3, -0.25) is 4.79 Å². The lowest BCUT2D eigenvalue weighted by Crippen LogP contribution is -2.48. The molecule has 1 saturated heterocycles. The fourth-order valence-corrected chi connectivity index (χ4v) is 4.04. The van der Waals surface area contributed by atoms with E-state index >= 15 is 0 Å². The van der Waals surface area contributed by atoms with E-state index in [0.29, 0.717) is 56.6 Å². The first-order valence-electron chi connectivity index (χ1n) is 10.4. The van der Waals surface area contributed by atoms with Crippen molar-refractivity contribution in [1.29, 1.82) is 0 Å². The summed E-state index contributed by atoms with van der Waals surface area (Å²) >= 11 is 0. The third-order valence-electron chi connectivity index (χ3n) is 5.82. The third kappa shape index (κ3) is 3.88. The third-order valence-corrected chi connectivity index (χ3v) is 5.82. The molecule has 164 valence electrons. The van der Waals surface area contributed by atoms with Crippen molar-refractivity contribution in [2.45, 2.75) is 38.3 Å². The topological polar surface area (TPSA) is 87.1 Å². The van der Waals surface area contributed by atoms with E-state index < -0.39 is 11.9 Å². The van der Waals surface area contributed by atoms with Crippen molar-refractivity contribution in [2.75, 3.05) is 42.5 Å². The number of rotatable bonds is 3. The highest BCUT2D eigenvalue weighted by atomic mass is 19.4. The molecule has 2 aromatic heterocycles. The van der Waals surface area contributed by atoms with Gasteiger partial charge in [0.05, 0.1) is 0 Å². The fourth-order valence-electron chi connectivity index (χ4n) is 4.04. The van der Waals surface area contributed by atoms with Crippen LogP contribution in [0.3, 0.4) is 0 Å². The van der Waals surface area contributed by atoms with Crippen LogP contribution in [0.15, 0.2) is 6.07 Å². The average Bonchev–Trinajstić information content (AvgIpc) is 3.58. The molecule has 11 heteroatoms. The summed E-state index contributed by atoms with van der Waals surface area (Å²) in [6, 6.07) is 0.956. The van der Waals surface area contributed by atoms with Crippen LogP contribution in [0.5, 0.6) is 0 Å². The summed E-state index contributed by atoms with van der Waals surface area (Å²) in [4.78, 5) is 33.5. The number of halogens is 3. The van der Waals surface area contributed by atoms with Crippen molar-refractivity contribution in [2.24, 2.45) is 0 Å². The number of aryl methyl sites for hydroxylation is 1. The van der Waals surface area contributed by atoms with E-state index in [-0.39, 0.29) is 17.5 Å². The number of piperazine rings is 1. The first kappa shape index (κ1) is 20.0. The largest absolute Gasteiger partial charge is 0.433 e. The molecule has 0 radical (unpaired) electrons. The molecule has 0 aromatic carbocycles. The molecule has 31 heavy (non-hydrogen) atoms. The molecule has 2 aromatic rings. The maximum Gasteiger partial charge on any atom is 0.433 e. The number of anilines is 2. The summed E-state index contributed by atoms with van der Waals surface area (Å²) in [5, 5.41) is 2.84. The van der Waals surface area contributed by atoms with Gasteiger partial charge in [-0.15, -0.1) is 0 Å². The zero-order valence-corrected chi connectivity index (χ0v) is 17.0. The van der Waals surface area contributed by atoms with Gasteiger partial charge in [0, 0.05) is 49.9 Å². The highest BCUT2D eigenvalue weighted by molar-refractivity contribution is 5.96. The van der Waals surface area contributed by atoms with Crippen LogP contribution in [-0.4, -0.2) is 58.6 Å². The molecule has 0 spiro atoms. The standard InChI is InChI=1S/C20H22F3N7O/c1-11-10-14(20(21,22)23)26-19(25-11)30-8-6-29(7-9-30)17-13-4-5-24-18(31)15(13)27-16(28-17)12-2-3-12/h10,12H,2-9H2,1H3,(H,24,31). The van der Waals surface area contributed by atoms with E-state index in [1.807, 2.05) is 0 Å². The van der Waals surface area contributed by atoms with Crippen molar-refractivity contribution < 1.29 is 18.0 Å². The Morgan fingerprint density at radius 2 is 1.74 bits per heavy atom. The van der Waals surface area contributed by atoms with Crippen molar-refractivity contribution >= 4 is 17.7 Å². The second kappa shape index (κ2) is 7.31. The molecule has 1 aliphatic carbocycles. The molecule has 1 N–H and O–H groups in total. The monoisotopic (exact) mass is 433 g/mol. The summed E-state index contributed by atoms with van der Waals surface area (Å²) in [7, 11) is 0. The van der Waals surface area contributed by atoms with Gasteiger partial charge in [-0.2, -0.15) is 13.2 Å². The van der Waals surface area contributed by atoms with Crippen molar-refractivity contribution in [3.8, 4) is 0 Å². The number of hydrogen-bond acceptors (Lipinski definition) is 7. The number of carbonyl (C=O) groups excluding carboxylic acids is 1. The van der Waals surface area contributed by atoms with E-state index in [2.05, 4.69) is 25.2 Å². The number of amides is 1. The van der Waals surface area contributed by atoms with Crippen LogP contribution >= 0.6 is 0 Å². The van der Waals surface area contributed by atoms with Gasteiger partial charge in [0.2, 0.25) is 5.95 Å². The lowest BCUT2D eigenvalue weighted by Gasteiger charge is -2.37. The number of aromatic nitrogens is 4. The summed E-state index contributed by atoms with van der Waals surface area (Å²) in [5.41, 5.74) is 0.664. The van der Waals surface area contributed by atoms with Gasteiger partial charge in [0.1, 0.15) is 23.0 Å². The summed E-state index contributed by atoms with van der Waals surface area (Å²) in [6.45, 7) is 4.10. The van der Waals surface area contributed by atoms with Gasteiger partial charge in [-0.05, 0) is 32.3 Å². The Morgan fingerprint density at radius 1 is 1.03 bits per heavy atom. The molecule has 5 rings (SSSR count). The van der Waals surface area contributed by atoms with Crippen LogP contribution in [0.1, 0.15) is 52.0 Å². The van der Waals surface area contributed by atoms with Gasteiger partial charge >= 0.3 is 6.18 Å². The SMILES string of the molecule is Cc1cc(C(F)(F)F)nc(N2CCN(c3nc(C4CC4)nc4c3CCNC4=O)CC2)n1. The molecule has 4 heterocycles. The molecule has 0 atom stereocenters. The minimum atomic E-state index is -4.51. The number of hydrogen-bond donors (Lipinski definition) is 1. The van der Waals surface area contributed by atoms with Crippen LogP contribution in [0.4, 0.5) is 24.9 Å². The zero-order chi connectivity index (χ0) is 21.8. The van der Waals surface area contributed by atoms with Crippen LogP contribution in [0.25, 0.3) is 0 Å². The number of alkyl halides is 3.